The summed E-state index contributed by atoms with van der Waals surface area (Å²) in [4.78, 5) is 52.9. The van der Waals surface area contributed by atoms with Crippen molar-refractivity contribution in [2.24, 2.45) is 17.6 Å². The standard InChI is InChI=1S/C26H31ClN4O8.2ClH/c1-4-5-29-9-14(32)30-18-13(27)8-11-6-10-7-12-19(31(2)3)22(35)17(25(28)38)24(37)26(12,39)23(36)16(10)20(33)15(11)21(18)34;;/h8,10,12,19,29,34-36,39H,4-7,9H2,1-3H3,(H2,28,38)(H,30,32);2*1H/t10?,12?,19-,26?;;/m0../s1. The fourth-order valence-corrected chi connectivity index (χ4v) is 6.22. The van der Waals surface area contributed by atoms with Gasteiger partial charge in [0, 0.05) is 11.5 Å². The van der Waals surface area contributed by atoms with Crippen LogP contribution in [0.5, 0.6) is 5.75 Å². The molecule has 2 amide bonds. The minimum Gasteiger partial charge on any atom is -0.510 e. The summed E-state index contributed by atoms with van der Waals surface area (Å²) in [6, 6.07) is 0.363. The van der Waals surface area contributed by atoms with Crippen LogP contribution in [0.4, 0.5) is 5.69 Å². The van der Waals surface area contributed by atoms with Gasteiger partial charge in [0.05, 0.1) is 23.2 Å². The number of nitrogens with zero attached hydrogens (tertiary/aromatic N) is 1. The normalized spacial score (nSPS) is 25.1. The van der Waals surface area contributed by atoms with Crippen LogP contribution in [0.1, 0.15) is 35.7 Å². The average molecular weight is 636 g/mol. The molecule has 15 heteroatoms. The van der Waals surface area contributed by atoms with E-state index >= 15 is 0 Å². The summed E-state index contributed by atoms with van der Waals surface area (Å²) in [5, 5.41) is 50.1. The summed E-state index contributed by atoms with van der Waals surface area (Å²) in [6.45, 7) is 2.46. The predicted molar refractivity (Wildman–Crippen MR) is 155 cm³/mol. The number of Topliss-reactive ketones (excluding diaryl/α,β-unsaturated/α-hetero) is 2. The maximum atomic E-state index is 13.7. The van der Waals surface area contributed by atoms with E-state index < -0.39 is 69.7 Å². The Morgan fingerprint density at radius 2 is 1.83 bits per heavy atom. The SMILES string of the molecule is CCCNCC(=O)Nc1c(Cl)cc2c(c1O)C(=O)C1=C(O)C3(O)C(=O)C(C(N)=O)=C(O)[C@@H](N(C)C)C3CC1C2.Cl.Cl. The number of halogens is 3. The second-order valence-corrected chi connectivity index (χ2v) is 10.7. The van der Waals surface area contributed by atoms with Crippen LogP contribution in [0.25, 0.3) is 0 Å². The number of aromatic hydroxyl groups is 1. The van der Waals surface area contributed by atoms with Crippen molar-refractivity contribution in [1.82, 2.24) is 10.2 Å². The van der Waals surface area contributed by atoms with Crippen molar-refractivity contribution >= 4 is 65.5 Å². The number of primary amides is 1. The molecule has 3 aliphatic rings. The molecule has 3 aliphatic carbocycles. The van der Waals surface area contributed by atoms with Gasteiger partial charge in [-0.05, 0) is 57.5 Å². The number of rotatable bonds is 7. The molecule has 0 aromatic heterocycles. The number of nitrogens with two attached hydrogens (primary N) is 1. The Labute approximate surface area is 253 Å². The highest BCUT2D eigenvalue weighted by molar-refractivity contribution is 6.35. The number of benzene rings is 1. The second-order valence-electron chi connectivity index (χ2n) is 10.3. The number of amides is 2. The highest BCUT2D eigenvalue weighted by atomic mass is 35.5. The number of ketones is 2. The quantitative estimate of drug-likeness (QED) is 0.131. The van der Waals surface area contributed by atoms with E-state index in [1.54, 1.807) is 14.1 Å². The zero-order valence-electron chi connectivity index (χ0n) is 22.5. The second kappa shape index (κ2) is 12.6. The number of fused-ring (bicyclic) bond motifs is 3. The summed E-state index contributed by atoms with van der Waals surface area (Å²) in [5.74, 6) is -8.04. The van der Waals surface area contributed by atoms with E-state index in [1.165, 1.54) is 11.0 Å². The average Bonchev–Trinajstić information content (AvgIpc) is 2.83. The van der Waals surface area contributed by atoms with Crippen molar-refractivity contribution in [1.29, 1.82) is 0 Å². The molecule has 4 rings (SSSR count). The number of anilines is 1. The van der Waals surface area contributed by atoms with Gasteiger partial charge in [-0.15, -0.1) is 24.8 Å². The first-order chi connectivity index (χ1) is 18.3. The molecule has 226 valence electrons. The molecule has 12 nitrogen and oxygen atoms in total. The molecule has 0 heterocycles. The Balaban J connectivity index is 0.00000294. The smallest absolute Gasteiger partial charge is 0.255 e. The van der Waals surface area contributed by atoms with Crippen molar-refractivity contribution in [2.45, 2.75) is 37.8 Å². The molecule has 0 saturated carbocycles. The van der Waals surface area contributed by atoms with Crippen LogP contribution in [0, 0.1) is 11.8 Å². The third kappa shape index (κ3) is 5.40. The number of phenols is 1. The number of aliphatic hydroxyl groups is 3. The summed E-state index contributed by atoms with van der Waals surface area (Å²) >= 11 is 6.36. The third-order valence-electron chi connectivity index (χ3n) is 7.64. The number of hydrogen-bond acceptors (Lipinski definition) is 10. The fraction of sp³-hybridized carbons (Fsp3) is 0.462. The Morgan fingerprint density at radius 3 is 2.39 bits per heavy atom. The van der Waals surface area contributed by atoms with Gasteiger partial charge in [-0.25, -0.2) is 0 Å². The summed E-state index contributed by atoms with van der Waals surface area (Å²) in [5.41, 5.74) is 1.35. The topological polar surface area (TPSA) is 203 Å². The fourth-order valence-electron chi connectivity index (χ4n) is 5.95. The number of nitrogens with one attached hydrogen (secondary N) is 2. The number of allylic oxidation sites excluding steroid dienone is 1. The first kappa shape index (κ1) is 34.3. The van der Waals surface area contributed by atoms with Gasteiger partial charge < -0.3 is 36.8 Å². The van der Waals surface area contributed by atoms with Crippen LogP contribution in [0.3, 0.4) is 0 Å². The minimum absolute atomic E-state index is 0. The first-order valence-corrected chi connectivity index (χ1v) is 12.8. The van der Waals surface area contributed by atoms with Crippen molar-refractivity contribution < 1.29 is 39.6 Å². The lowest BCUT2D eigenvalue weighted by Crippen LogP contribution is -2.63. The lowest BCUT2D eigenvalue weighted by Gasteiger charge is -2.50. The van der Waals surface area contributed by atoms with E-state index in [2.05, 4.69) is 10.6 Å². The molecule has 8 N–H and O–H groups in total. The molecule has 0 fully saturated rings. The lowest BCUT2D eigenvalue weighted by molar-refractivity contribution is -0.148. The van der Waals surface area contributed by atoms with Gasteiger partial charge in [-0.1, -0.05) is 18.5 Å². The molecule has 41 heavy (non-hydrogen) atoms. The zero-order valence-corrected chi connectivity index (χ0v) is 24.9. The summed E-state index contributed by atoms with van der Waals surface area (Å²) in [7, 11) is 3.11. The van der Waals surface area contributed by atoms with Crippen molar-refractivity contribution in [3.63, 3.8) is 0 Å². The van der Waals surface area contributed by atoms with Crippen LogP contribution in [0.2, 0.25) is 5.02 Å². The highest BCUT2D eigenvalue weighted by Gasteiger charge is 2.63. The summed E-state index contributed by atoms with van der Waals surface area (Å²) < 4.78 is 0. The molecule has 0 bridgehead atoms. The van der Waals surface area contributed by atoms with Gasteiger partial charge in [0.2, 0.25) is 11.7 Å². The number of hydrogen-bond donors (Lipinski definition) is 7. The number of carbonyl (C=O) groups excluding carboxylic acids is 4. The van der Waals surface area contributed by atoms with E-state index in [-0.39, 0.29) is 66.0 Å². The summed E-state index contributed by atoms with van der Waals surface area (Å²) in [6.07, 6.45) is 0.855. The van der Waals surface area contributed by atoms with Crippen molar-refractivity contribution in [3.8, 4) is 5.75 Å². The van der Waals surface area contributed by atoms with Gasteiger partial charge in [0.1, 0.15) is 22.8 Å². The molecular formula is C26H33Cl3N4O8. The number of likely N-dealkylation sites (N-methyl/N-ethyl adjacent to an activating group) is 1. The minimum atomic E-state index is -2.73. The molecule has 0 radical (unpaired) electrons. The van der Waals surface area contributed by atoms with Crippen LogP contribution in [-0.2, 0) is 20.8 Å². The molecular weight excluding hydrogens is 603 g/mol. The molecule has 3 unspecified atom stereocenters. The number of carbonyl (C=O) groups is 4. The molecule has 1 aromatic carbocycles. The van der Waals surface area contributed by atoms with Crippen molar-refractivity contribution in [2.75, 3.05) is 32.5 Å². The maximum absolute atomic E-state index is 13.7. The van der Waals surface area contributed by atoms with Crippen LogP contribution in [0.15, 0.2) is 28.7 Å². The monoisotopic (exact) mass is 634 g/mol. The van der Waals surface area contributed by atoms with E-state index in [1.807, 2.05) is 6.92 Å². The lowest BCUT2D eigenvalue weighted by atomic mass is 9.58. The Morgan fingerprint density at radius 1 is 1.20 bits per heavy atom. The van der Waals surface area contributed by atoms with Crippen LogP contribution in [-0.4, -0.2) is 87.5 Å². The van der Waals surface area contributed by atoms with Gasteiger partial charge in [-0.2, -0.15) is 0 Å². The highest BCUT2D eigenvalue weighted by Crippen LogP contribution is 2.53. The molecule has 4 atom stereocenters. The van der Waals surface area contributed by atoms with E-state index in [0.717, 1.165) is 6.42 Å². The van der Waals surface area contributed by atoms with Gasteiger partial charge in [0.25, 0.3) is 5.91 Å². The van der Waals surface area contributed by atoms with Gasteiger partial charge in [0.15, 0.2) is 17.1 Å². The Hall–Kier alpha value is -2.87. The third-order valence-corrected chi connectivity index (χ3v) is 7.94. The van der Waals surface area contributed by atoms with Gasteiger partial charge in [-0.3, -0.25) is 24.1 Å². The Bertz CT molecular complexity index is 1360. The molecule has 1 aromatic rings. The zero-order chi connectivity index (χ0) is 29.0. The number of phenolic OH excluding ortho intramolecular Hbond substituents is 1. The predicted octanol–water partition coefficient (Wildman–Crippen LogP) is 1.56. The van der Waals surface area contributed by atoms with E-state index in [0.29, 0.717) is 12.1 Å². The Kier molecular flexibility index (Phi) is 10.5. The van der Waals surface area contributed by atoms with E-state index in [4.69, 9.17) is 17.3 Å². The van der Waals surface area contributed by atoms with Crippen LogP contribution < -0.4 is 16.4 Å². The van der Waals surface area contributed by atoms with Crippen LogP contribution >= 0.6 is 36.4 Å². The number of aliphatic hydroxyl groups excluding tert-OH is 2. The molecule has 0 spiro atoms. The van der Waals surface area contributed by atoms with Crippen molar-refractivity contribution in [3.05, 3.63) is 44.9 Å². The first-order valence-electron chi connectivity index (χ1n) is 12.5. The van der Waals surface area contributed by atoms with E-state index in [9.17, 15) is 39.6 Å². The molecule has 0 aliphatic heterocycles. The molecule has 0 saturated heterocycles. The van der Waals surface area contributed by atoms with Gasteiger partial charge >= 0.3 is 0 Å². The maximum Gasteiger partial charge on any atom is 0.255 e. The largest absolute Gasteiger partial charge is 0.510 e.